The summed E-state index contributed by atoms with van der Waals surface area (Å²) < 4.78 is 13.8. The van der Waals surface area contributed by atoms with Gasteiger partial charge < -0.3 is 8.23 Å². The molecule has 1 fully saturated rings. The van der Waals surface area contributed by atoms with Crippen molar-refractivity contribution in [3.05, 3.63) is 0 Å². The molecule has 0 bridgehead atoms. The highest BCUT2D eigenvalue weighted by molar-refractivity contribution is 6.85. The first kappa shape index (κ1) is 32.8. The molecule has 1 rings (SSSR count). The lowest BCUT2D eigenvalue weighted by Crippen LogP contribution is -2.44. The Morgan fingerprint density at radius 3 is 0.588 bits per heavy atom. The third-order valence-corrected chi connectivity index (χ3v) is 22.8. The topological polar surface area (TPSA) is 18.5 Å². The molecule has 0 aromatic rings. The maximum atomic E-state index is 6.89. The van der Waals surface area contributed by atoms with Crippen LogP contribution in [0.25, 0.3) is 0 Å². The van der Waals surface area contributed by atoms with E-state index in [1.807, 2.05) is 0 Å². The van der Waals surface area contributed by atoms with E-state index in [1.54, 1.807) is 0 Å². The van der Waals surface area contributed by atoms with E-state index in [2.05, 4.69) is 52.4 Å². The van der Waals surface area contributed by atoms with Gasteiger partial charge in [0.05, 0.1) is 0 Å². The predicted molar refractivity (Wildman–Crippen MR) is 165 cm³/mol. The first-order chi connectivity index (χ1) is 15.8. The fourth-order valence-electron chi connectivity index (χ4n) is 6.02. The highest BCUT2D eigenvalue weighted by Crippen LogP contribution is 2.28. The third-order valence-electron chi connectivity index (χ3n) is 7.72. The van der Waals surface area contributed by atoms with Gasteiger partial charge in [-0.05, 0) is 76.6 Å². The van der Waals surface area contributed by atoms with E-state index in [-0.39, 0.29) is 0 Å². The molecule has 1 heterocycles. The van der Waals surface area contributed by atoms with E-state index in [4.69, 9.17) is 8.23 Å². The minimum atomic E-state index is -1.49. The molecule has 0 aliphatic carbocycles. The van der Waals surface area contributed by atoms with Crippen LogP contribution in [0.3, 0.4) is 0 Å². The van der Waals surface area contributed by atoms with Gasteiger partial charge in [0, 0.05) is 0 Å². The highest BCUT2D eigenvalue weighted by Gasteiger charge is 2.33. The van der Waals surface area contributed by atoms with Gasteiger partial charge in [-0.1, -0.05) is 103 Å². The van der Waals surface area contributed by atoms with Crippen molar-refractivity contribution in [2.45, 2.75) is 179 Å². The molecule has 0 spiro atoms. The average Bonchev–Trinajstić information content (AvgIpc) is 2.68. The van der Waals surface area contributed by atoms with E-state index < -0.39 is 33.3 Å². The number of rotatable bonds is 0. The minimum Gasteiger partial charge on any atom is -0.455 e. The largest absolute Gasteiger partial charge is 0.455 e. The lowest BCUT2D eigenvalue weighted by molar-refractivity contribution is 0.509. The van der Waals surface area contributed by atoms with Crippen LogP contribution in [-0.4, -0.2) is 33.3 Å². The van der Waals surface area contributed by atoms with Gasteiger partial charge in [0.25, 0.3) is 0 Å². The summed E-state index contributed by atoms with van der Waals surface area (Å²) in [6, 6.07) is 5.46. The Kier molecular flexibility index (Phi) is 16.0. The van der Waals surface area contributed by atoms with Crippen molar-refractivity contribution in [3.8, 4) is 0 Å². The average molecular weight is 545 g/mol. The maximum absolute atomic E-state index is 6.89. The van der Waals surface area contributed by atoms with Gasteiger partial charge in [-0.15, -0.1) is 0 Å². The monoisotopic (exact) mass is 544 g/mol. The minimum absolute atomic E-state index is 1.36. The summed E-state index contributed by atoms with van der Waals surface area (Å²) in [4.78, 5) is 0. The van der Waals surface area contributed by atoms with Crippen LogP contribution in [0, 0.1) is 0 Å². The highest BCUT2D eigenvalue weighted by atomic mass is 28.4. The molecule has 34 heavy (non-hydrogen) atoms. The quantitative estimate of drug-likeness (QED) is 0.282. The summed E-state index contributed by atoms with van der Waals surface area (Å²) >= 11 is 0. The van der Waals surface area contributed by atoms with Gasteiger partial charge in [-0.3, -0.25) is 0 Å². The van der Waals surface area contributed by atoms with Gasteiger partial charge in [0.15, 0.2) is 33.3 Å². The molecule has 1 aliphatic rings. The molecule has 0 aromatic heterocycles. The van der Waals surface area contributed by atoms with Crippen LogP contribution in [0.4, 0.5) is 0 Å². The summed E-state index contributed by atoms with van der Waals surface area (Å²) in [5.41, 5.74) is 0. The van der Waals surface area contributed by atoms with Crippen LogP contribution in [-0.2, 0) is 8.23 Å². The molecule has 0 radical (unpaired) electrons. The van der Waals surface area contributed by atoms with Gasteiger partial charge in [-0.25, -0.2) is 0 Å². The van der Waals surface area contributed by atoms with Crippen LogP contribution in [0.1, 0.15) is 103 Å². The second-order valence-electron chi connectivity index (χ2n) is 13.9. The predicted octanol–water partition coefficient (Wildman–Crippen LogP) is 11.1. The van der Waals surface area contributed by atoms with E-state index in [1.165, 1.54) is 127 Å². The van der Waals surface area contributed by atoms with Crippen molar-refractivity contribution in [1.82, 2.24) is 0 Å². The molecule has 0 atom stereocenters. The Labute approximate surface area is 220 Å². The SMILES string of the molecule is C[Si]1(C)CCCCCCCCCC[Si](C)(C)O[Si](C)(C)CCCCCCCCCC[Si](C)(C)O1. The molecule has 0 N–H and O–H groups in total. The third kappa shape index (κ3) is 18.1. The van der Waals surface area contributed by atoms with Crippen molar-refractivity contribution in [3.63, 3.8) is 0 Å². The van der Waals surface area contributed by atoms with Gasteiger partial charge in [0.2, 0.25) is 0 Å². The molecular weight excluding hydrogens is 481 g/mol. The molecule has 6 heteroatoms. The van der Waals surface area contributed by atoms with Crippen LogP contribution >= 0.6 is 0 Å². The fourth-order valence-corrected chi connectivity index (χ4v) is 24.0. The zero-order valence-corrected chi connectivity index (χ0v) is 29.0. The molecule has 204 valence electrons. The second kappa shape index (κ2) is 16.6. The van der Waals surface area contributed by atoms with Crippen molar-refractivity contribution >= 4 is 33.3 Å². The first-order valence-electron chi connectivity index (χ1n) is 15.2. The van der Waals surface area contributed by atoms with E-state index in [9.17, 15) is 0 Å². The smallest absolute Gasteiger partial charge is 0.173 e. The Morgan fingerprint density at radius 2 is 0.412 bits per heavy atom. The zero-order chi connectivity index (χ0) is 25.6. The lowest BCUT2D eigenvalue weighted by atomic mass is 10.1. The normalized spacial score (nSPS) is 27.5. The summed E-state index contributed by atoms with van der Waals surface area (Å²) in [6.45, 7) is 19.8. The molecule has 0 aromatic carbocycles. The molecule has 0 amide bonds. The van der Waals surface area contributed by atoms with Crippen LogP contribution in [0.5, 0.6) is 0 Å². The van der Waals surface area contributed by atoms with E-state index >= 15 is 0 Å². The van der Waals surface area contributed by atoms with E-state index in [0.717, 1.165) is 0 Å². The molecule has 1 saturated heterocycles. The van der Waals surface area contributed by atoms with Crippen molar-refractivity contribution < 1.29 is 8.23 Å². The Balaban J connectivity index is 2.49. The molecule has 0 saturated carbocycles. The molecule has 1 aliphatic heterocycles. The summed E-state index contributed by atoms with van der Waals surface area (Å²) in [6.07, 6.45) is 22.6. The summed E-state index contributed by atoms with van der Waals surface area (Å²) in [7, 11) is -5.94. The Bertz CT molecular complexity index is 431. The van der Waals surface area contributed by atoms with Crippen LogP contribution < -0.4 is 0 Å². The lowest BCUT2D eigenvalue weighted by Gasteiger charge is -2.34. The Morgan fingerprint density at radius 1 is 0.265 bits per heavy atom. The maximum Gasteiger partial charge on any atom is 0.173 e. The van der Waals surface area contributed by atoms with Crippen molar-refractivity contribution in [2.75, 3.05) is 0 Å². The molecular formula is C28H64O2Si4. The second-order valence-corrected chi connectivity index (χ2v) is 31.6. The fraction of sp³-hybridized carbons (Fsp3) is 1.00. The van der Waals surface area contributed by atoms with E-state index in [0.29, 0.717) is 0 Å². The standard InChI is InChI=1S/C28H64O2Si4/c1-31(2)25-21-17-13-9-10-15-19-23-27-33(5,6)30-34(7,8)28-24-20-16-12-11-14-18-22-26-32(3,4)29-31/h9-28H2,1-8H3. The number of hydrogen-bond donors (Lipinski definition) is 0. The van der Waals surface area contributed by atoms with Crippen LogP contribution in [0.2, 0.25) is 76.6 Å². The Hall–Kier alpha value is 0.788. The van der Waals surface area contributed by atoms with Gasteiger partial charge >= 0.3 is 0 Å². The van der Waals surface area contributed by atoms with Gasteiger partial charge in [0.1, 0.15) is 0 Å². The summed E-state index contributed by atoms with van der Waals surface area (Å²) in [5.74, 6) is 0. The van der Waals surface area contributed by atoms with Crippen molar-refractivity contribution in [2.24, 2.45) is 0 Å². The van der Waals surface area contributed by atoms with Crippen molar-refractivity contribution in [1.29, 1.82) is 0 Å². The molecule has 2 nitrogen and oxygen atoms in total. The molecule has 0 unspecified atom stereocenters. The van der Waals surface area contributed by atoms with Gasteiger partial charge in [-0.2, -0.15) is 0 Å². The number of hydrogen-bond acceptors (Lipinski definition) is 2. The summed E-state index contributed by atoms with van der Waals surface area (Å²) in [5, 5.41) is 0. The van der Waals surface area contributed by atoms with Crippen LogP contribution in [0.15, 0.2) is 0 Å². The zero-order valence-electron chi connectivity index (χ0n) is 25.0. The first-order valence-corrected chi connectivity index (χ1v) is 27.7.